The van der Waals surface area contributed by atoms with Gasteiger partial charge in [0.2, 0.25) is 0 Å². The van der Waals surface area contributed by atoms with Crippen LogP contribution < -0.4 is 0 Å². The van der Waals surface area contributed by atoms with Crippen LogP contribution in [0, 0.1) is 11.6 Å². The molecule has 0 amide bonds. The predicted octanol–water partition coefficient (Wildman–Crippen LogP) is 2.68. The zero-order valence-corrected chi connectivity index (χ0v) is 10.9. The molecule has 2 rings (SSSR count). The van der Waals surface area contributed by atoms with Crippen LogP contribution in [-0.4, -0.2) is 29.2 Å². The lowest BCUT2D eigenvalue weighted by molar-refractivity contribution is 0.180. The molecule has 1 aliphatic carbocycles. The molecule has 0 unspecified atom stereocenters. The third-order valence-electron chi connectivity index (χ3n) is 2.95. The molecule has 1 saturated carbocycles. The first kappa shape index (κ1) is 12.9. The molecule has 0 aromatic heterocycles. The molecule has 2 nitrogen and oxygen atoms in total. The molecule has 0 spiro atoms. The van der Waals surface area contributed by atoms with Crippen molar-refractivity contribution < 1.29 is 13.9 Å². The number of aliphatic hydroxyl groups excluding tert-OH is 1. The van der Waals surface area contributed by atoms with Gasteiger partial charge >= 0.3 is 0 Å². The Morgan fingerprint density at radius 3 is 2.65 bits per heavy atom. The quantitative estimate of drug-likeness (QED) is 0.846. The molecule has 0 atom stereocenters. The number of hydrogen-bond acceptors (Lipinski definition) is 2. The second kappa shape index (κ2) is 5.42. The van der Waals surface area contributed by atoms with Crippen LogP contribution in [0.25, 0.3) is 0 Å². The minimum absolute atomic E-state index is 0.00768. The zero-order valence-electron chi connectivity index (χ0n) is 9.30. The molecule has 0 saturated heterocycles. The number of halogens is 3. The fourth-order valence-corrected chi connectivity index (χ4v) is 2.25. The Bertz CT molecular complexity index is 410. The van der Waals surface area contributed by atoms with E-state index in [0.717, 1.165) is 12.8 Å². The highest BCUT2D eigenvalue weighted by molar-refractivity contribution is 9.10. The first-order valence-corrected chi connectivity index (χ1v) is 6.40. The van der Waals surface area contributed by atoms with Crippen molar-refractivity contribution in [3.63, 3.8) is 0 Å². The van der Waals surface area contributed by atoms with Gasteiger partial charge in [0.1, 0.15) is 11.6 Å². The Morgan fingerprint density at radius 2 is 2.06 bits per heavy atom. The van der Waals surface area contributed by atoms with Crippen LogP contribution in [-0.2, 0) is 6.54 Å². The monoisotopic (exact) mass is 305 g/mol. The Balaban J connectivity index is 2.18. The van der Waals surface area contributed by atoms with Crippen LogP contribution >= 0.6 is 15.9 Å². The molecule has 94 valence electrons. The van der Waals surface area contributed by atoms with E-state index < -0.39 is 11.6 Å². The fraction of sp³-hybridized carbons (Fsp3) is 0.500. The van der Waals surface area contributed by atoms with E-state index in [1.54, 1.807) is 0 Å². The van der Waals surface area contributed by atoms with Gasteiger partial charge in [0.15, 0.2) is 0 Å². The lowest BCUT2D eigenvalue weighted by Crippen LogP contribution is -2.29. The molecule has 0 bridgehead atoms. The Hall–Kier alpha value is -0.520. The van der Waals surface area contributed by atoms with Crippen LogP contribution in [0.3, 0.4) is 0 Å². The summed E-state index contributed by atoms with van der Waals surface area (Å²) in [6.45, 7) is 0.673. The summed E-state index contributed by atoms with van der Waals surface area (Å²) >= 11 is 3.05. The number of nitrogens with zero attached hydrogens (tertiary/aromatic N) is 1. The highest BCUT2D eigenvalue weighted by atomic mass is 79.9. The molecular weight excluding hydrogens is 292 g/mol. The molecule has 0 heterocycles. The lowest BCUT2D eigenvalue weighted by Gasteiger charge is -2.21. The summed E-state index contributed by atoms with van der Waals surface area (Å²) in [6.07, 6.45) is 2.08. The molecule has 1 aromatic rings. The summed E-state index contributed by atoms with van der Waals surface area (Å²) in [5.41, 5.74) is 0.0692. The van der Waals surface area contributed by atoms with E-state index in [0.29, 0.717) is 12.6 Å². The van der Waals surface area contributed by atoms with Crippen molar-refractivity contribution >= 4 is 15.9 Å². The zero-order chi connectivity index (χ0) is 12.4. The van der Waals surface area contributed by atoms with Crippen molar-refractivity contribution in [1.82, 2.24) is 4.90 Å². The molecule has 0 radical (unpaired) electrons. The minimum Gasteiger partial charge on any atom is -0.395 e. The Morgan fingerprint density at radius 1 is 1.35 bits per heavy atom. The first-order chi connectivity index (χ1) is 8.13. The summed E-state index contributed by atoms with van der Waals surface area (Å²) in [5, 5.41) is 8.95. The molecule has 1 aliphatic rings. The highest BCUT2D eigenvalue weighted by Crippen LogP contribution is 2.30. The topological polar surface area (TPSA) is 23.5 Å². The average Bonchev–Trinajstić information content (AvgIpc) is 3.12. The Labute approximate surface area is 107 Å². The minimum atomic E-state index is -0.548. The maximum absolute atomic E-state index is 13.8. The second-order valence-electron chi connectivity index (χ2n) is 4.25. The molecule has 5 heteroatoms. The maximum Gasteiger partial charge on any atom is 0.144 e. The number of hydrogen-bond donors (Lipinski definition) is 1. The summed E-state index contributed by atoms with van der Waals surface area (Å²) in [7, 11) is 0. The third-order valence-corrected chi connectivity index (χ3v) is 3.56. The molecule has 0 aliphatic heterocycles. The van der Waals surface area contributed by atoms with Gasteiger partial charge in [-0.1, -0.05) is 0 Å². The van der Waals surface area contributed by atoms with E-state index in [1.165, 1.54) is 12.1 Å². The van der Waals surface area contributed by atoms with Crippen molar-refractivity contribution in [2.24, 2.45) is 0 Å². The van der Waals surface area contributed by atoms with E-state index in [9.17, 15) is 8.78 Å². The molecular formula is C12H14BrF2NO. The van der Waals surface area contributed by atoms with E-state index in [4.69, 9.17) is 5.11 Å². The first-order valence-electron chi connectivity index (χ1n) is 5.60. The number of rotatable bonds is 5. The summed E-state index contributed by atoms with van der Waals surface area (Å²) in [6, 6.07) is 2.98. The van der Waals surface area contributed by atoms with Crippen molar-refractivity contribution in [1.29, 1.82) is 0 Å². The van der Waals surface area contributed by atoms with Crippen LogP contribution in [0.15, 0.2) is 16.6 Å². The van der Waals surface area contributed by atoms with Crippen LogP contribution in [0.1, 0.15) is 18.4 Å². The Kier molecular flexibility index (Phi) is 4.12. The van der Waals surface area contributed by atoms with E-state index in [-0.39, 0.29) is 23.2 Å². The SMILES string of the molecule is OCCN(Cc1c(F)ccc(Br)c1F)C1CC1. The molecule has 1 fully saturated rings. The number of aliphatic hydroxyl groups is 1. The molecule has 17 heavy (non-hydrogen) atoms. The van der Waals surface area contributed by atoms with E-state index >= 15 is 0 Å². The van der Waals surface area contributed by atoms with E-state index in [1.807, 2.05) is 4.90 Å². The summed E-state index contributed by atoms with van der Waals surface area (Å²) < 4.78 is 27.6. The molecule has 1 N–H and O–H groups in total. The largest absolute Gasteiger partial charge is 0.395 e. The van der Waals surface area contributed by atoms with Gasteiger partial charge in [0.05, 0.1) is 11.1 Å². The standard InChI is InChI=1S/C12H14BrF2NO/c13-10-3-4-11(14)9(12(10)15)7-16(5-6-17)8-1-2-8/h3-4,8,17H,1-2,5-7H2. The average molecular weight is 306 g/mol. The fourth-order valence-electron chi connectivity index (χ4n) is 1.88. The van der Waals surface area contributed by atoms with Crippen molar-refractivity contribution in [2.45, 2.75) is 25.4 Å². The third kappa shape index (κ3) is 3.03. The summed E-state index contributed by atoms with van der Waals surface area (Å²) in [4.78, 5) is 1.92. The van der Waals surface area contributed by atoms with Crippen LogP contribution in [0.4, 0.5) is 8.78 Å². The van der Waals surface area contributed by atoms with Gasteiger partial charge in [-0.15, -0.1) is 0 Å². The van der Waals surface area contributed by atoms with Gasteiger partial charge in [0.25, 0.3) is 0 Å². The van der Waals surface area contributed by atoms with Crippen molar-refractivity contribution in [3.8, 4) is 0 Å². The van der Waals surface area contributed by atoms with Gasteiger partial charge in [-0.2, -0.15) is 0 Å². The predicted molar refractivity (Wildman–Crippen MR) is 64.6 cm³/mol. The van der Waals surface area contributed by atoms with Gasteiger partial charge in [0, 0.05) is 24.7 Å². The van der Waals surface area contributed by atoms with Crippen LogP contribution in [0.2, 0.25) is 0 Å². The number of benzene rings is 1. The van der Waals surface area contributed by atoms with Crippen molar-refractivity contribution in [2.75, 3.05) is 13.2 Å². The van der Waals surface area contributed by atoms with Gasteiger partial charge < -0.3 is 5.11 Å². The van der Waals surface area contributed by atoms with E-state index in [2.05, 4.69) is 15.9 Å². The maximum atomic E-state index is 13.8. The summed E-state index contributed by atoms with van der Waals surface area (Å²) in [5.74, 6) is -1.08. The lowest BCUT2D eigenvalue weighted by atomic mass is 10.2. The van der Waals surface area contributed by atoms with Gasteiger partial charge in [-0.25, -0.2) is 8.78 Å². The second-order valence-corrected chi connectivity index (χ2v) is 5.10. The molecule has 1 aromatic carbocycles. The highest BCUT2D eigenvalue weighted by Gasteiger charge is 2.30. The van der Waals surface area contributed by atoms with Gasteiger partial charge in [-0.3, -0.25) is 4.90 Å². The smallest absolute Gasteiger partial charge is 0.144 e. The van der Waals surface area contributed by atoms with Crippen LogP contribution in [0.5, 0.6) is 0 Å². The van der Waals surface area contributed by atoms with Gasteiger partial charge in [-0.05, 0) is 40.9 Å². The van der Waals surface area contributed by atoms with Crippen molar-refractivity contribution in [3.05, 3.63) is 33.8 Å². The normalized spacial score (nSPS) is 15.6.